The lowest BCUT2D eigenvalue weighted by Gasteiger charge is -2.23. The van der Waals surface area contributed by atoms with Gasteiger partial charge in [0, 0.05) is 5.56 Å². The van der Waals surface area contributed by atoms with Crippen LogP contribution in [0.3, 0.4) is 0 Å². The molecule has 3 rings (SSSR count). The Labute approximate surface area is 147 Å². The van der Waals surface area contributed by atoms with Crippen LogP contribution in [0.2, 0.25) is 0 Å². The number of aliphatic hydroxyl groups excluding tert-OH is 1. The van der Waals surface area contributed by atoms with Crippen LogP contribution in [0, 0.1) is 0 Å². The number of benzene rings is 1. The lowest BCUT2D eigenvalue weighted by molar-refractivity contribution is -0.137. The topological polar surface area (TPSA) is 96.5 Å². The molecule has 0 radical (unpaired) electrons. The van der Waals surface area contributed by atoms with Gasteiger partial charge in [0.25, 0.3) is 0 Å². The summed E-state index contributed by atoms with van der Waals surface area (Å²) in [7, 11) is -1.66. The third-order valence-electron chi connectivity index (χ3n) is 4.18. The Balaban J connectivity index is 1.70. The number of aliphatic hydroxyl groups is 1. The minimum atomic E-state index is -4.42. The van der Waals surface area contributed by atoms with Gasteiger partial charge in [0.2, 0.25) is 11.7 Å². The molecule has 1 aromatic heterocycles. The van der Waals surface area contributed by atoms with Crippen molar-refractivity contribution in [1.29, 1.82) is 0 Å². The van der Waals surface area contributed by atoms with Gasteiger partial charge in [0.15, 0.2) is 9.84 Å². The molecule has 11 heteroatoms. The number of sulfone groups is 1. The molecule has 1 N–H and O–H groups in total. The van der Waals surface area contributed by atoms with Gasteiger partial charge in [-0.3, -0.25) is 4.90 Å². The van der Waals surface area contributed by atoms with E-state index >= 15 is 0 Å². The summed E-state index contributed by atoms with van der Waals surface area (Å²) in [4.78, 5) is 5.71. The molecular formula is C15H16F3N3O4S. The molecule has 0 spiro atoms. The van der Waals surface area contributed by atoms with Crippen LogP contribution < -0.4 is 0 Å². The Morgan fingerprint density at radius 3 is 2.46 bits per heavy atom. The summed E-state index contributed by atoms with van der Waals surface area (Å²) in [6.45, 7) is 0.102. The first kappa shape index (κ1) is 18.8. The largest absolute Gasteiger partial charge is 0.416 e. The zero-order chi connectivity index (χ0) is 19.1. The number of rotatable bonds is 4. The highest BCUT2D eigenvalue weighted by Crippen LogP contribution is 2.30. The Morgan fingerprint density at radius 1 is 1.27 bits per heavy atom. The Morgan fingerprint density at radius 2 is 1.92 bits per heavy atom. The minimum Gasteiger partial charge on any atom is -0.390 e. The average Bonchev–Trinajstić information content (AvgIpc) is 3.10. The second-order valence-electron chi connectivity index (χ2n) is 6.21. The molecule has 0 aliphatic carbocycles. The monoisotopic (exact) mass is 391 g/mol. The van der Waals surface area contributed by atoms with Gasteiger partial charge >= 0.3 is 6.18 Å². The van der Waals surface area contributed by atoms with Gasteiger partial charge in [-0.15, -0.1) is 0 Å². The summed E-state index contributed by atoms with van der Waals surface area (Å²) in [6, 6.07) is 3.76. The first-order valence-electron chi connectivity index (χ1n) is 7.64. The van der Waals surface area contributed by atoms with Crippen LogP contribution in [0.1, 0.15) is 11.5 Å². The molecule has 1 aliphatic rings. The molecule has 1 aliphatic heterocycles. The van der Waals surface area contributed by atoms with Crippen LogP contribution in [-0.2, 0) is 22.6 Å². The summed E-state index contributed by atoms with van der Waals surface area (Å²) in [6.07, 6.45) is -5.42. The lowest BCUT2D eigenvalue weighted by Crippen LogP contribution is -2.40. The molecule has 2 heterocycles. The number of likely N-dealkylation sites (N-methyl/N-ethyl adjacent to an activating group) is 1. The van der Waals surface area contributed by atoms with Crippen molar-refractivity contribution in [3.63, 3.8) is 0 Å². The van der Waals surface area contributed by atoms with Gasteiger partial charge in [-0.25, -0.2) is 8.42 Å². The van der Waals surface area contributed by atoms with Crippen molar-refractivity contribution < 1.29 is 31.2 Å². The van der Waals surface area contributed by atoms with Gasteiger partial charge in [0.1, 0.15) is 0 Å². The van der Waals surface area contributed by atoms with E-state index < -0.39 is 33.7 Å². The maximum Gasteiger partial charge on any atom is 0.416 e. The predicted molar refractivity (Wildman–Crippen MR) is 84.7 cm³/mol. The third-order valence-corrected chi connectivity index (χ3v) is 5.88. The molecule has 2 unspecified atom stereocenters. The molecule has 7 nitrogen and oxygen atoms in total. The number of hydrogen-bond donors (Lipinski definition) is 1. The van der Waals surface area contributed by atoms with Gasteiger partial charge in [-0.05, 0) is 19.2 Å². The summed E-state index contributed by atoms with van der Waals surface area (Å²) in [5.41, 5.74) is -0.416. The number of aromatic nitrogens is 2. The minimum absolute atomic E-state index is 0.102. The quantitative estimate of drug-likeness (QED) is 0.840. The molecular weight excluding hydrogens is 375 g/mol. The fourth-order valence-corrected chi connectivity index (χ4v) is 4.68. The first-order chi connectivity index (χ1) is 12.0. The zero-order valence-electron chi connectivity index (χ0n) is 13.6. The summed E-state index contributed by atoms with van der Waals surface area (Å²) in [5.74, 6) is -0.159. The van der Waals surface area contributed by atoms with Crippen LogP contribution in [0.5, 0.6) is 0 Å². The van der Waals surface area contributed by atoms with Gasteiger partial charge in [0.05, 0.1) is 35.8 Å². The maximum absolute atomic E-state index is 12.6. The van der Waals surface area contributed by atoms with Crippen LogP contribution in [0.25, 0.3) is 11.4 Å². The van der Waals surface area contributed by atoms with Gasteiger partial charge in [-0.2, -0.15) is 18.2 Å². The van der Waals surface area contributed by atoms with E-state index in [0.29, 0.717) is 5.56 Å². The first-order valence-corrected chi connectivity index (χ1v) is 9.46. The molecule has 1 saturated heterocycles. The molecule has 142 valence electrons. The standard InChI is InChI=1S/C15H16F3N3O4S/c1-21(11-7-26(23,24)8-12(11)22)6-13-19-14(20-25-13)9-2-4-10(5-3-9)15(16,17)18/h2-5,11-12,22H,6-8H2,1H3. The van der Waals surface area contributed by atoms with Crippen molar-refractivity contribution in [2.45, 2.75) is 24.9 Å². The smallest absolute Gasteiger partial charge is 0.390 e. The number of nitrogens with zero attached hydrogens (tertiary/aromatic N) is 3. The van der Waals surface area contributed by atoms with Gasteiger partial charge < -0.3 is 9.63 Å². The van der Waals surface area contributed by atoms with Crippen LogP contribution in [-0.4, -0.2) is 59.3 Å². The van der Waals surface area contributed by atoms with E-state index in [2.05, 4.69) is 10.1 Å². The summed E-state index contributed by atoms with van der Waals surface area (Å²) in [5, 5.41) is 13.6. The Bertz CT molecular complexity index is 880. The van der Waals surface area contributed by atoms with E-state index in [-0.39, 0.29) is 29.8 Å². The molecule has 2 aromatic rings. The van der Waals surface area contributed by atoms with E-state index in [9.17, 15) is 26.7 Å². The summed E-state index contributed by atoms with van der Waals surface area (Å²) < 4.78 is 66.0. The van der Waals surface area contributed by atoms with Crippen molar-refractivity contribution >= 4 is 9.84 Å². The fraction of sp³-hybridized carbons (Fsp3) is 0.467. The van der Waals surface area contributed by atoms with Crippen LogP contribution in [0.15, 0.2) is 28.8 Å². The van der Waals surface area contributed by atoms with E-state index in [1.807, 2.05) is 0 Å². The van der Waals surface area contributed by atoms with E-state index in [1.54, 1.807) is 11.9 Å². The number of hydrogen-bond acceptors (Lipinski definition) is 7. The van der Waals surface area contributed by atoms with Crippen molar-refractivity contribution in [3.05, 3.63) is 35.7 Å². The second kappa shape index (κ2) is 6.63. The maximum atomic E-state index is 12.6. The fourth-order valence-electron chi connectivity index (χ4n) is 2.81. The lowest BCUT2D eigenvalue weighted by atomic mass is 10.1. The van der Waals surface area contributed by atoms with E-state index in [4.69, 9.17) is 4.52 Å². The van der Waals surface area contributed by atoms with Crippen molar-refractivity contribution in [1.82, 2.24) is 15.0 Å². The summed E-state index contributed by atoms with van der Waals surface area (Å²) >= 11 is 0. The van der Waals surface area contributed by atoms with E-state index in [1.165, 1.54) is 12.1 Å². The Hall–Kier alpha value is -1.98. The highest BCUT2D eigenvalue weighted by molar-refractivity contribution is 7.91. The van der Waals surface area contributed by atoms with Crippen LogP contribution in [0.4, 0.5) is 13.2 Å². The zero-order valence-corrected chi connectivity index (χ0v) is 14.5. The normalized spacial score (nSPS) is 22.8. The molecule has 1 aromatic carbocycles. The number of alkyl halides is 3. The molecule has 0 saturated carbocycles. The second-order valence-corrected chi connectivity index (χ2v) is 8.37. The van der Waals surface area contributed by atoms with Crippen LogP contribution >= 0.6 is 0 Å². The highest BCUT2D eigenvalue weighted by Gasteiger charge is 2.39. The molecule has 2 atom stereocenters. The van der Waals surface area contributed by atoms with Crippen molar-refractivity contribution in [3.8, 4) is 11.4 Å². The van der Waals surface area contributed by atoms with Crippen molar-refractivity contribution in [2.24, 2.45) is 0 Å². The van der Waals surface area contributed by atoms with Gasteiger partial charge in [-0.1, -0.05) is 17.3 Å². The predicted octanol–water partition coefficient (Wildman–Crippen LogP) is 1.35. The highest BCUT2D eigenvalue weighted by atomic mass is 32.2. The average molecular weight is 391 g/mol. The molecule has 0 bridgehead atoms. The third kappa shape index (κ3) is 4.05. The van der Waals surface area contributed by atoms with Crippen molar-refractivity contribution in [2.75, 3.05) is 18.6 Å². The molecule has 1 fully saturated rings. The Kier molecular flexibility index (Phi) is 4.80. The molecule has 0 amide bonds. The molecule has 26 heavy (non-hydrogen) atoms. The van der Waals surface area contributed by atoms with E-state index in [0.717, 1.165) is 12.1 Å². The SMILES string of the molecule is CN(Cc1nc(-c2ccc(C(F)(F)F)cc2)no1)C1CS(=O)(=O)CC1O. The number of halogens is 3.